The zero-order chi connectivity index (χ0) is 16.2. The topological polar surface area (TPSA) is 61.0 Å². The summed E-state index contributed by atoms with van der Waals surface area (Å²) in [4.78, 5) is 14.6. The van der Waals surface area contributed by atoms with Gasteiger partial charge in [-0.25, -0.2) is 0 Å². The van der Waals surface area contributed by atoms with Gasteiger partial charge in [0.1, 0.15) is 5.69 Å². The van der Waals surface area contributed by atoms with Crippen LogP contribution in [0.1, 0.15) is 28.9 Å². The van der Waals surface area contributed by atoms with E-state index < -0.39 is 0 Å². The van der Waals surface area contributed by atoms with Gasteiger partial charge in [-0.2, -0.15) is 5.10 Å². The summed E-state index contributed by atoms with van der Waals surface area (Å²) in [7, 11) is 1.96. The molecule has 1 atom stereocenters. The van der Waals surface area contributed by atoms with Gasteiger partial charge in [-0.3, -0.25) is 9.89 Å². The summed E-state index contributed by atoms with van der Waals surface area (Å²) < 4.78 is 0. The fraction of sp³-hybridized carbons (Fsp3) is 0.444. The van der Waals surface area contributed by atoms with Gasteiger partial charge >= 0.3 is 0 Å². The highest BCUT2D eigenvalue weighted by atomic mass is 35.5. The van der Waals surface area contributed by atoms with Crippen molar-refractivity contribution >= 4 is 18.3 Å². The highest BCUT2D eigenvalue weighted by molar-refractivity contribution is 5.93. The van der Waals surface area contributed by atoms with Gasteiger partial charge in [0, 0.05) is 18.7 Å². The number of aryl methyl sites for hydroxylation is 1. The van der Waals surface area contributed by atoms with E-state index >= 15 is 0 Å². The number of nitrogens with one attached hydrogen (secondary N) is 2. The monoisotopic (exact) mass is 348 g/mol. The van der Waals surface area contributed by atoms with Crippen LogP contribution in [-0.2, 0) is 0 Å². The molecule has 2 heterocycles. The van der Waals surface area contributed by atoms with Crippen LogP contribution in [0.2, 0.25) is 0 Å². The number of hydrogen-bond acceptors (Lipinski definition) is 3. The van der Waals surface area contributed by atoms with Gasteiger partial charge in [-0.15, -0.1) is 12.4 Å². The van der Waals surface area contributed by atoms with E-state index in [1.165, 1.54) is 12.0 Å². The largest absolute Gasteiger partial charge is 0.337 e. The van der Waals surface area contributed by atoms with Crippen LogP contribution in [0.3, 0.4) is 0 Å². The molecule has 130 valence electrons. The number of hydrogen-bond donors (Lipinski definition) is 2. The molecule has 1 unspecified atom stereocenters. The zero-order valence-corrected chi connectivity index (χ0v) is 15.0. The first-order valence-corrected chi connectivity index (χ1v) is 8.23. The number of benzene rings is 1. The van der Waals surface area contributed by atoms with Crippen LogP contribution in [0, 0.1) is 12.8 Å². The summed E-state index contributed by atoms with van der Waals surface area (Å²) in [6.07, 6.45) is 2.25. The Morgan fingerprint density at radius 1 is 1.38 bits per heavy atom. The number of aromatic amines is 1. The van der Waals surface area contributed by atoms with Crippen molar-refractivity contribution in [3.63, 3.8) is 0 Å². The SMILES string of the molecule is CNCC1CCCN(C(=O)c2cc(-c3ccc(C)cc3)n[nH]2)C1.Cl. The minimum absolute atomic E-state index is 0. The van der Waals surface area contributed by atoms with Crippen LogP contribution in [0.5, 0.6) is 0 Å². The summed E-state index contributed by atoms with van der Waals surface area (Å²) in [6.45, 7) is 4.67. The first-order valence-electron chi connectivity index (χ1n) is 8.23. The van der Waals surface area contributed by atoms with E-state index in [1.807, 2.05) is 30.1 Å². The fourth-order valence-electron chi connectivity index (χ4n) is 3.18. The molecule has 2 N–H and O–H groups in total. The molecule has 6 heteroatoms. The highest BCUT2D eigenvalue weighted by Gasteiger charge is 2.25. The van der Waals surface area contributed by atoms with Gasteiger partial charge in [-0.1, -0.05) is 29.8 Å². The van der Waals surface area contributed by atoms with E-state index in [0.717, 1.165) is 37.3 Å². The van der Waals surface area contributed by atoms with Crippen molar-refractivity contribution < 1.29 is 4.79 Å². The normalized spacial score (nSPS) is 17.4. The van der Waals surface area contributed by atoms with E-state index in [1.54, 1.807) is 0 Å². The minimum atomic E-state index is 0. The van der Waals surface area contributed by atoms with Crippen LogP contribution in [0.4, 0.5) is 0 Å². The lowest BCUT2D eigenvalue weighted by Gasteiger charge is -2.32. The summed E-state index contributed by atoms with van der Waals surface area (Å²) in [6, 6.07) is 10.0. The smallest absolute Gasteiger partial charge is 0.271 e. The third-order valence-electron chi connectivity index (χ3n) is 4.45. The molecule has 1 fully saturated rings. The molecule has 1 amide bonds. The molecular weight excluding hydrogens is 324 g/mol. The maximum Gasteiger partial charge on any atom is 0.271 e. The van der Waals surface area contributed by atoms with Gasteiger partial charge < -0.3 is 10.2 Å². The van der Waals surface area contributed by atoms with Crippen molar-refractivity contribution in [3.8, 4) is 11.3 Å². The second-order valence-corrected chi connectivity index (χ2v) is 6.35. The minimum Gasteiger partial charge on any atom is -0.337 e. The van der Waals surface area contributed by atoms with Crippen molar-refractivity contribution in [2.24, 2.45) is 5.92 Å². The van der Waals surface area contributed by atoms with Gasteiger partial charge in [0.2, 0.25) is 0 Å². The van der Waals surface area contributed by atoms with E-state index in [0.29, 0.717) is 11.6 Å². The third-order valence-corrected chi connectivity index (χ3v) is 4.45. The maximum absolute atomic E-state index is 12.7. The number of amides is 1. The molecule has 0 aliphatic carbocycles. The first kappa shape index (κ1) is 18.5. The van der Waals surface area contributed by atoms with Crippen LogP contribution in [0.25, 0.3) is 11.3 Å². The molecule has 1 aliphatic heterocycles. The Morgan fingerprint density at radius 3 is 2.83 bits per heavy atom. The van der Waals surface area contributed by atoms with E-state index in [-0.39, 0.29) is 18.3 Å². The standard InChI is InChI=1S/C18H24N4O.ClH/c1-13-5-7-15(8-6-13)16-10-17(21-20-16)18(23)22-9-3-4-14(12-22)11-19-2;/h5-8,10,14,19H,3-4,9,11-12H2,1-2H3,(H,20,21);1H. The number of carbonyl (C=O) groups is 1. The molecule has 0 radical (unpaired) electrons. The summed E-state index contributed by atoms with van der Waals surface area (Å²) in [5.41, 5.74) is 3.63. The van der Waals surface area contributed by atoms with Crippen LogP contribution in [-0.4, -0.2) is 47.7 Å². The molecular formula is C18H25ClN4O. The second kappa shape index (κ2) is 8.31. The average Bonchev–Trinajstić information content (AvgIpc) is 3.05. The van der Waals surface area contributed by atoms with Gasteiger partial charge in [0.15, 0.2) is 0 Å². The number of H-pyrrole nitrogens is 1. The lowest BCUT2D eigenvalue weighted by atomic mass is 9.98. The number of carbonyl (C=O) groups excluding carboxylic acids is 1. The lowest BCUT2D eigenvalue weighted by molar-refractivity contribution is 0.0668. The number of aromatic nitrogens is 2. The average molecular weight is 349 g/mol. The molecule has 0 saturated carbocycles. The molecule has 5 nitrogen and oxygen atoms in total. The van der Waals surface area contributed by atoms with Gasteiger partial charge in [0.25, 0.3) is 5.91 Å². The number of rotatable bonds is 4. The maximum atomic E-state index is 12.7. The summed E-state index contributed by atoms with van der Waals surface area (Å²) in [5, 5.41) is 10.4. The summed E-state index contributed by atoms with van der Waals surface area (Å²) >= 11 is 0. The zero-order valence-electron chi connectivity index (χ0n) is 14.2. The highest BCUT2D eigenvalue weighted by Crippen LogP contribution is 2.21. The molecule has 24 heavy (non-hydrogen) atoms. The predicted octanol–water partition coefficient (Wildman–Crippen LogP) is 2.88. The van der Waals surface area contributed by atoms with E-state index in [4.69, 9.17) is 0 Å². The number of nitrogens with zero attached hydrogens (tertiary/aromatic N) is 2. The Bertz CT molecular complexity index is 666. The molecule has 1 aromatic carbocycles. The number of piperidine rings is 1. The Morgan fingerprint density at radius 2 is 2.12 bits per heavy atom. The molecule has 1 aromatic heterocycles. The summed E-state index contributed by atoms with van der Waals surface area (Å²) in [5.74, 6) is 0.592. The van der Waals surface area contributed by atoms with Crippen molar-refractivity contribution in [2.75, 3.05) is 26.7 Å². The molecule has 1 saturated heterocycles. The third kappa shape index (κ3) is 4.16. The second-order valence-electron chi connectivity index (χ2n) is 6.35. The van der Waals surface area contributed by atoms with Crippen molar-refractivity contribution in [3.05, 3.63) is 41.6 Å². The van der Waals surface area contributed by atoms with Crippen molar-refractivity contribution in [1.29, 1.82) is 0 Å². The Hall–Kier alpha value is -1.85. The van der Waals surface area contributed by atoms with Crippen molar-refractivity contribution in [2.45, 2.75) is 19.8 Å². The van der Waals surface area contributed by atoms with Crippen LogP contribution in [0.15, 0.2) is 30.3 Å². The molecule has 1 aliphatic rings. The Kier molecular flexibility index (Phi) is 6.40. The fourth-order valence-corrected chi connectivity index (χ4v) is 3.18. The van der Waals surface area contributed by atoms with Gasteiger partial charge in [-0.05, 0) is 45.3 Å². The lowest BCUT2D eigenvalue weighted by Crippen LogP contribution is -2.42. The first-order chi connectivity index (χ1) is 11.2. The predicted molar refractivity (Wildman–Crippen MR) is 98.6 cm³/mol. The van der Waals surface area contributed by atoms with Crippen molar-refractivity contribution in [1.82, 2.24) is 20.4 Å². The number of halogens is 1. The van der Waals surface area contributed by atoms with Gasteiger partial charge in [0.05, 0.1) is 5.69 Å². The van der Waals surface area contributed by atoms with Crippen LogP contribution >= 0.6 is 12.4 Å². The molecule has 0 spiro atoms. The van der Waals surface area contributed by atoms with E-state index in [9.17, 15) is 4.79 Å². The molecule has 3 rings (SSSR count). The Balaban J connectivity index is 0.00000208. The molecule has 2 aromatic rings. The number of likely N-dealkylation sites (tertiary alicyclic amines) is 1. The quantitative estimate of drug-likeness (QED) is 0.893. The Labute approximate surface area is 149 Å². The molecule has 0 bridgehead atoms. The van der Waals surface area contributed by atoms with E-state index in [2.05, 4.69) is 34.6 Å². The van der Waals surface area contributed by atoms with Crippen LogP contribution < -0.4 is 5.32 Å².